The van der Waals surface area contributed by atoms with Crippen LogP contribution in [0.15, 0.2) is 0 Å². The lowest BCUT2D eigenvalue weighted by Crippen LogP contribution is -2.44. The van der Waals surface area contributed by atoms with Crippen LogP contribution in [0, 0.1) is 11.3 Å². The SMILES string of the molecule is O=C1CC2(CCN(S(=O)(=O)CCC3CCCC3)CC2)CN1. The molecule has 120 valence electrons. The van der Waals surface area contributed by atoms with E-state index in [0.29, 0.717) is 31.2 Å². The fourth-order valence-electron chi connectivity index (χ4n) is 4.09. The van der Waals surface area contributed by atoms with Gasteiger partial charge < -0.3 is 5.32 Å². The monoisotopic (exact) mass is 314 g/mol. The normalized spacial score (nSPS) is 27.3. The van der Waals surface area contributed by atoms with E-state index in [-0.39, 0.29) is 11.3 Å². The van der Waals surface area contributed by atoms with E-state index < -0.39 is 10.0 Å². The van der Waals surface area contributed by atoms with Crippen molar-refractivity contribution in [3.63, 3.8) is 0 Å². The molecule has 2 heterocycles. The van der Waals surface area contributed by atoms with E-state index in [4.69, 9.17) is 0 Å². The molecule has 0 unspecified atom stereocenters. The largest absolute Gasteiger partial charge is 0.356 e. The van der Waals surface area contributed by atoms with E-state index in [1.807, 2.05) is 0 Å². The maximum atomic E-state index is 12.5. The molecule has 2 saturated heterocycles. The topological polar surface area (TPSA) is 66.5 Å². The summed E-state index contributed by atoms with van der Waals surface area (Å²) >= 11 is 0. The van der Waals surface area contributed by atoms with Gasteiger partial charge in [-0.15, -0.1) is 0 Å². The third kappa shape index (κ3) is 3.42. The molecule has 3 rings (SSSR count). The summed E-state index contributed by atoms with van der Waals surface area (Å²) in [6, 6.07) is 0. The molecule has 5 nitrogen and oxygen atoms in total. The van der Waals surface area contributed by atoms with Crippen LogP contribution in [-0.2, 0) is 14.8 Å². The third-order valence-corrected chi connectivity index (χ3v) is 7.53. The van der Waals surface area contributed by atoms with Gasteiger partial charge in [0.2, 0.25) is 15.9 Å². The Bertz CT molecular complexity index is 489. The highest BCUT2D eigenvalue weighted by Crippen LogP contribution is 2.38. The van der Waals surface area contributed by atoms with E-state index in [9.17, 15) is 13.2 Å². The van der Waals surface area contributed by atoms with Crippen molar-refractivity contribution in [3.05, 3.63) is 0 Å². The average molecular weight is 314 g/mol. The second-order valence-electron chi connectivity index (χ2n) is 7.11. The van der Waals surface area contributed by atoms with Gasteiger partial charge in [0.15, 0.2) is 0 Å². The molecule has 1 amide bonds. The molecule has 1 saturated carbocycles. The molecule has 3 fully saturated rings. The first-order valence-electron chi connectivity index (χ1n) is 8.24. The molecule has 0 atom stereocenters. The van der Waals surface area contributed by atoms with Gasteiger partial charge in [0.05, 0.1) is 5.75 Å². The standard InChI is InChI=1S/C15H26N2O3S/c18-14-11-15(12-16-14)6-8-17(9-7-15)21(19,20)10-5-13-3-1-2-4-13/h13H,1-12H2,(H,16,18). The third-order valence-electron chi connectivity index (χ3n) is 5.63. The van der Waals surface area contributed by atoms with Crippen LogP contribution < -0.4 is 5.32 Å². The number of hydrogen-bond donors (Lipinski definition) is 1. The molecule has 1 spiro atoms. The van der Waals surface area contributed by atoms with Gasteiger partial charge in [0.1, 0.15) is 0 Å². The number of carbonyl (C=O) groups is 1. The molecule has 21 heavy (non-hydrogen) atoms. The lowest BCUT2D eigenvalue weighted by Gasteiger charge is -2.37. The molecule has 1 aliphatic carbocycles. The number of piperidine rings is 1. The Kier molecular flexibility index (Phi) is 4.28. The van der Waals surface area contributed by atoms with Gasteiger partial charge in [-0.1, -0.05) is 25.7 Å². The smallest absolute Gasteiger partial charge is 0.220 e. The molecule has 0 bridgehead atoms. The van der Waals surface area contributed by atoms with Gasteiger partial charge in [0.25, 0.3) is 0 Å². The minimum Gasteiger partial charge on any atom is -0.356 e. The van der Waals surface area contributed by atoms with Gasteiger partial charge >= 0.3 is 0 Å². The predicted octanol–water partition coefficient (Wildman–Crippen LogP) is 1.50. The number of rotatable bonds is 4. The number of carbonyl (C=O) groups excluding carboxylic acids is 1. The Balaban J connectivity index is 1.51. The van der Waals surface area contributed by atoms with Crippen molar-refractivity contribution < 1.29 is 13.2 Å². The lowest BCUT2D eigenvalue weighted by molar-refractivity contribution is -0.119. The van der Waals surface area contributed by atoms with Gasteiger partial charge in [-0.25, -0.2) is 12.7 Å². The molecular weight excluding hydrogens is 288 g/mol. The summed E-state index contributed by atoms with van der Waals surface area (Å²) in [7, 11) is -3.10. The van der Waals surface area contributed by atoms with Crippen LogP contribution in [0.5, 0.6) is 0 Å². The summed E-state index contributed by atoms with van der Waals surface area (Å²) in [6.45, 7) is 1.89. The molecule has 0 aromatic heterocycles. The van der Waals surface area contributed by atoms with Crippen LogP contribution in [0.2, 0.25) is 0 Å². The molecule has 3 aliphatic rings. The quantitative estimate of drug-likeness (QED) is 0.855. The summed E-state index contributed by atoms with van der Waals surface area (Å²) in [5.41, 5.74) is 0.0224. The minimum absolute atomic E-state index is 0.0224. The second-order valence-corrected chi connectivity index (χ2v) is 9.20. The Morgan fingerprint density at radius 3 is 2.43 bits per heavy atom. The lowest BCUT2D eigenvalue weighted by atomic mass is 9.78. The van der Waals surface area contributed by atoms with Crippen molar-refractivity contribution in [1.29, 1.82) is 0 Å². The molecular formula is C15H26N2O3S. The first-order chi connectivity index (χ1) is 9.99. The molecule has 2 aliphatic heterocycles. The zero-order valence-electron chi connectivity index (χ0n) is 12.6. The van der Waals surface area contributed by atoms with Crippen molar-refractivity contribution >= 4 is 15.9 Å². The average Bonchev–Trinajstić information content (AvgIpc) is 3.08. The van der Waals surface area contributed by atoms with E-state index in [1.54, 1.807) is 4.31 Å². The highest BCUT2D eigenvalue weighted by Gasteiger charge is 2.42. The maximum Gasteiger partial charge on any atom is 0.220 e. The minimum atomic E-state index is -3.10. The Morgan fingerprint density at radius 1 is 1.19 bits per heavy atom. The first-order valence-corrected chi connectivity index (χ1v) is 9.85. The fourth-order valence-corrected chi connectivity index (χ4v) is 5.72. The first kappa shape index (κ1) is 15.3. The van der Waals surface area contributed by atoms with Crippen molar-refractivity contribution in [1.82, 2.24) is 9.62 Å². The summed E-state index contributed by atoms with van der Waals surface area (Å²) in [6.07, 6.45) is 7.95. The van der Waals surface area contributed by atoms with Crippen molar-refractivity contribution in [3.8, 4) is 0 Å². The fraction of sp³-hybridized carbons (Fsp3) is 0.933. The summed E-state index contributed by atoms with van der Waals surface area (Å²) < 4.78 is 26.6. The predicted molar refractivity (Wildman–Crippen MR) is 81.2 cm³/mol. The number of sulfonamides is 1. The van der Waals surface area contributed by atoms with Gasteiger partial charge in [0, 0.05) is 26.1 Å². The summed E-state index contributed by atoms with van der Waals surface area (Å²) in [5.74, 6) is 1.04. The molecule has 6 heteroatoms. The molecule has 0 aromatic carbocycles. The zero-order valence-corrected chi connectivity index (χ0v) is 13.5. The summed E-state index contributed by atoms with van der Waals surface area (Å²) in [4.78, 5) is 11.4. The Hall–Kier alpha value is -0.620. The van der Waals surface area contributed by atoms with E-state index in [1.165, 1.54) is 25.7 Å². The second kappa shape index (κ2) is 5.88. The van der Waals surface area contributed by atoms with Gasteiger partial charge in [-0.05, 0) is 30.6 Å². The number of amides is 1. The Labute approximate surface area is 127 Å². The van der Waals surface area contributed by atoms with E-state index >= 15 is 0 Å². The Morgan fingerprint density at radius 2 is 1.86 bits per heavy atom. The van der Waals surface area contributed by atoms with Crippen LogP contribution >= 0.6 is 0 Å². The highest BCUT2D eigenvalue weighted by molar-refractivity contribution is 7.89. The van der Waals surface area contributed by atoms with Gasteiger partial charge in [-0.2, -0.15) is 0 Å². The number of nitrogens with one attached hydrogen (secondary N) is 1. The van der Waals surface area contributed by atoms with Crippen LogP contribution in [0.3, 0.4) is 0 Å². The van der Waals surface area contributed by atoms with Crippen molar-refractivity contribution in [2.75, 3.05) is 25.4 Å². The van der Waals surface area contributed by atoms with Gasteiger partial charge in [-0.3, -0.25) is 4.79 Å². The molecule has 1 N–H and O–H groups in total. The van der Waals surface area contributed by atoms with E-state index in [0.717, 1.165) is 25.8 Å². The molecule has 0 aromatic rings. The number of nitrogens with zero attached hydrogens (tertiary/aromatic N) is 1. The van der Waals surface area contributed by atoms with Crippen molar-refractivity contribution in [2.45, 2.75) is 51.4 Å². The van der Waals surface area contributed by atoms with Crippen LogP contribution in [0.1, 0.15) is 51.4 Å². The zero-order chi connectivity index (χ0) is 14.9. The highest BCUT2D eigenvalue weighted by atomic mass is 32.2. The van der Waals surface area contributed by atoms with Crippen molar-refractivity contribution in [2.24, 2.45) is 11.3 Å². The maximum absolute atomic E-state index is 12.5. The van der Waals surface area contributed by atoms with Crippen LogP contribution in [0.4, 0.5) is 0 Å². The van der Waals surface area contributed by atoms with E-state index in [2.05, 4.69) is 5.32 Å². The van der Waals surface area contributed by atoms with Crippen LogP contribution in [0.25, 0.3) is 0 Å². The molecule has 0 radical (unpaired) electrons. The number of hydrogen-bond acceptors (Lipinski definition) is 3. The van der Waals surface area contributed by atoms with Crippen LogP contribution in [-0.4, -0.2) is 44.0 Å². The summed E-state index contributed by atoms with van der Waals surface area (Å²) in [5, 5.41) is 2.89.